The molecule has 1 unspecified atom stereocenters. The second-order valence-electron chi connectivity index (χ2n) is 9.58. The summed E-state index contributed by atoms with van der Waals surface area (Å²) in [5, 5.41) is 14.6. The van der Waals surface area contributed by atoms with Gasteiger partial charge in [-0.25, -0.2) is 18.2 Å². The molecule has 0 bridgehead atoms. The summed E-state index contributed by atoms with van der Waals surface area (Å²) in [5.41, 5.74) is -1.79. The van der Waals surface area contributed by atoms with E-state index in [-0.39, 0.29) is 46.0 Å². The molecular formula is C25H25F3N4O5S. The van der Waals surface area contributed by atoms with E-state index in [1.165, 1.54) is 12.1 Å². The monoisotopic (exact) mass is 550 g/mol. The number of hydrogen-bond acceptors (Lipinski definition) is 8. The van der Waals surface area contributed by atoms with Gasteiger partial charge in [0.1, 0.15) is 11.4 Å². The predicted octanol–water partition coefficient (Wildman–Crippen LogP) is 4.67. The van der Waals surface area contributed by atoms with Crippen LogP contribution in [0.15, 0.2) is 52.7 Å². The van der Waals surface area contributed by atoms with Crippen LogP contribution < -0.4 is 10.6 Å². The summed E-state index contributed by atoms with van der Waals surface area (Å²) < 4.78 is 70.2. The molecule has 1 aliphatic rings. The highest BCUT2D eigenvalue weighted by Crippen LogP contribution is 2.37. The highest BCUT2D eigenvalue weighted by Gasteiger charge is 2.36. The molecule has 38 heavy (non-hydrogen) atoms. The van der Waals surface area contributed by atoms with Crippen LogP contribution in [0, 0.1) is 11.3 Å². The first-order valence-corrected chi connectivity index (χ1v) is 13.2. The summed E-state index contributed by atoms with van der Waals surface area (Å²) in [6.45, 7) is 4.83. The minimum absolute atomic E-state index is 0.0149. The molecule has 1 aromatic carbocycles. The van der Waals surface area contributed by atoms with E-state index in [0.29, 0.717) is 0 Å². The van der Waals surface area contributed by atoms with Gasteiger partial charge in [-0.2, -0.15) is 18.4 Å². The van der Waals surface area contributed by atoms with Gasteiger partial charge < -0.3 is 15.4 Å². The lowest BCUT2D eigenvalue weighted by Crippen LogP contribution is -2.37. The van der Waals surface area contributed by atoms with Crippen molar-refractivity contribution < 1.29 is 35.9 Å². The average Bonchev–Trinajstić information content (AvgIpc) is 3.14. The lowest BCUT2D eigenvalue weighted by atomic mass is 9.95. The van der Waals surface area contributed by atoms with Gasteiger partial charge in [-0.15, -0.1) is 0 Å². The number of alkyl halides is 3. The molecular weight excluding hydrogens is 525 g/mol. The number of nitrogens with zero attached hydrogens (tertiary/aromatic N) is 2. The fourth-order valence-corrected chi connectivity index (χ4v) is 4.82. The highest BCUT2D eigenvalue weighted by atomic mass is 32.2. The average molecular weight is 551 g/mol. The number of ketones is 1. The van der Waals surface area contributed by atoms with E-state index in [4.69, 9.17) is 4.74 Å². The van der Waals surface area contributed by atoms with E-state index >= 15 is 0 Å². The van der Waals surface area contributed by atoms with Crippen molar-refractivity contribution in [3.8, 4) is 6.07 Å². The summed E-state index contributed by atoms with van der Waals surface area (Å²) in [5.74, 6) is -0.662. The van der Waals surface area contributed by atoms with E-state index in [9.17, 15) is 36.4 Å². The topological polar surface area (TPSA) is 138 Å². The summed E-state index contributed by atoms with van der Waals surface area (Å²) in [6, 6.07) is 5.79. The molecule has 1 aromatic heterocycles. The van der Waals surface area contributed by atoms with Crippen molar-refractivity contribution in [3.05, 3.63) is 64.5 Å². The number of allylic oxidation sites excluding steroid dienone is 1. The van der Waals surface area contributed by atoms with Gasteiger partial charge in [-0.3, -0.25) is 4.79 Å². The minimum Gasteiger partial charge on any atom is -0.444 e. The Labute approximate surface area is 217 Å². The molecule has 0 saturated carbocycles. The van der Waals surface area contributed by atoms with Gasteiger partial charge in [0.15, 0.2) is 15.6 Å². The number of Topliss-reactive ketones (excluding diaryl/α,β-unsaturated/α-hetero) is 1. The van der Waals surface area contributed by atoms with Crippen LogP contribution in [0.3, 0.4) is 0 Å². The molecule has 0 spiro atoms. The number of carbonyl (C=O) groups excluding carboxylic acids is 2. The van der Waals surface area contributed by atoms with E-state index in [2.05, 4.69) is 15.6 Å². The van der Waals surface area contributed by atoms with Crippen molar-refractivity contribution >= 4 is 27.5 Å². The third kappa shape index (κ3) is 6.89. The van der Waals surface area contributed by atoms with Gasteiger partial charge >= 0.3 is 12.3 Å². The molecule has 0 saturated heterocycles. The lowest BCUT2D eigenvalue weighted by molar-refractivity contribution is -0.137. The van der Waals surface area contributed by atoms with Crippen molar-refractivity contribution in [1.29, 1.82) is 5.26 Å². The highest BCUT2D eigenvalue weighted by molar-refractivity contribution is 7.90. The summed E-state index contributed by atoms with van der Waals surface area (Å²) in [4.78, 5) is 29.4. The second kappa shape index (κ2) is 10.4. The van der Waals surface area contributed by atoms with Crippen LogP contribution in [0.4, 0.5) is 23.8 Å². The normalized spacial score (nSPS) is 15.2. The Hall–Kier alpha value is -3.92. The minimum atomic E-state index is -4.63. The maximum Gasteiger partial charge on any atom is 0.416 e. The van der Waals surface area contributed by atoms with Crippen LogP contribution in [0.25, 0.3) is 0 Å². The van der Waals surface area contributed by atoms with E-state index in [1.807, 2.05) is 6.07 Å². The number of aromatic nitrogens is 1. The first-order chi connectivity index (χ1) is 17.5. The maximum atomic E-state index is 13.2. The number of nitriles is 1. The van der Waals surface area contributed by atoms with Gasteiger partial charge in [0.25, 0.3) is 0 Å². The Morgan fingerprint density at radius 2 is 1.84 bits per heavy atom. The molecule has 0 fully saturated rings. The predicted molar refractivity (Wildman–Crippen MR) is 131 cm³/mol. The molecule has 1 amide bonds. The van der Waals surface area contributed by atoms with Crippen LogP contribution in [0.5, 0.6) is 0 Å². The largest absolute Gasteiger partial charge is 0.444 e. The molecule has 2 N–H and O–H groups in total. The standard InChI is InChI=1S/C25H25F3N4O5S/c1-24(2,3)37-23(34)32-22(16-6-5-14(13-29)11-19(16)38(4,35)36)21-17(7-8-18(21)33)31-20-12-15(9-10-30-20)25(26,27)28/h5-6,9-12,22H,7-8H2,1-4H3,(H,30,31)(H,32,34). The van der Waals surface area contributed by atoms with Crippen LogP contribution in [0.1, 0.15) is 56.3 Å². The van der Waals surface area contributed by atoms with Crippen molar-refractivity contribution in [2.75, 3.05) is 11.6 Å². The number of anilines is 1. The number of hydrogen-bond donors (Lipinski definition) is 2. The summed E-state index contributed by atoms with van der Waals surface area (Å²) >= 11 is 0. The van der Waals surface area contributed by atoms with Crippen molar-refractivity contribution in [2.24, 2.45) is 0 Å². The third-order valence-corrected chi connectivity index (χ3v) is 6.55. The Morgan fingerprint density at radius 3 is 2.42 bits per heavy atom. The molecule has 1 heterocycles. The number of amides is 1. The van der Waals surface area contributed by atoms with E-state index in [1.54, 1.807) is 20.8 Å². The number of carbonyl (C=O) groups is 2. The fraction of sp³-hybridized carbons (Fsp3) is 0.360. The molecule has 0 radical (unpaired) electrons. The van der Waals surface area contributed by atoms with Crippen molar-refractivity contribution in [3.63, 3.8) is 0 Å². The van der Waals surface area contributed by atoms with Crippen molar-refractivity contribution in [1.82, 2.24) is 10.3 Å². The molecule has 13 heteroatoms. The summed E-state index contributed by atoms with van der Waals surface area (Å²) in [7, 11) is -3.96. The number of benzene rings is 1. The second-order valence-corrected chi connectivity index (χ2v) is 11.6. The van der Waals surface area contributed by atoms with Gasteiger partial charge in [0.05, 0.1) is 28.1 Å². The zero-order valence-electron chi connectivity index (χ0n) is 20.9. The van der Waals surface area contributed by atoms with Gasteiger partial charge in [0, 0.05) is 30.1 Å². The molecule has 2 aromatic rings. The fourth-order valence-electron chi connectivity index (χ4n) is 3.87. The van der Waals surface area contributed by atoms with Crippen LogP contribution in [0.2, 0.25) is 0 Å². The number of halogens is 3. The molecule has 9 nitrogen and oxygen atoms in total. The first-order valence-electron chi connectivity index (χ1n) is 11.3. The van der Waals surface area contributed by atoms with Crippen LogP contribution in [-0.2, 0) is 25.5 Å². The zero-order chi connectivity index (χ0) is 28.5. The van der Waals surface area contributed by atoms with Gasteiger partial charge in [-0.05, 0) is 57.0 Å². The van der Waals surface area contributed by atoms with Gasteiger partial charge in [0.2, 0.25) is 0 Å². The Bertz CT molecular complexity index is 1450. The maximum absolute atomic E-state index is 13.2. The van der Waals surface area contributed by atoms with Crippen molar-refractivity contribution in [2.45, 2.75) is 56.3 Å². The first kappa shape index (κ1) is 28.6. The SMILES string of the molecule is CC(C)(C)OC(=O)NC(C1=C(Nc2cc(C(F)(F)F)ccn2)CCC1=O)c1ccc(C#N)cc1S(C)(=O)=O. The number of sulfone groups is 1. The third-order valence-electron chi connectivity index (χ3n) is 5.40. The zero-order valence-corrected chi connectivity index (χ0v) is 21.7. The Kier molecular flexibility index (Phi) is 7.88. The molecule has 1 aliphatic carbocycles. The molecule has 0 aliphatic heterocycles. The molecule has 1 atom stereocenters. The van der Waals surface area contributed by atoms with Crippen LogP contribution >= 0.6 is 0 Å². The smallest absolute Gasteiger partial charge is 0.416 e. The Balaban J connectivity index is 2.19. The Morgan fingerprint density at radius 1 is 1.16 bits per heavy atom. The number of pyridine rings is 1. The van der Waals surface area contributed by atoms with E-state index in [0.717, 1.165) is 30.7 Å². The molecule has 3 rings (SSSR count). The van der Waals surface area contributed by atoms with E-state index < -0.39 is 45.1 Å². The van der Waals surface area contributed by atoms with Gasteiger partial charge in [-0.1, -0.05) is 6.07 Å². The number of alkyl carbamates (subject to hydrolysis) is 1. The number of ether oxygens (including phenoxy) is 1. The molecule has 202 valence electrons. The number of rotatable bonds is 6. The summed E-state index contributed by atoms with van der Waals surface area (Å²) in [6.07, 6.45) is -3.70. The van der Waals surface area contributed by atoms with Crippen LogP contribution in [-0.4, -0.2) is 37.1 Å². The number of nitrogens with one attached hydrogen (secondary N) is 2. The quantitative estimate of drug-likeness (QED) is 0.529. The lowest BCUT2D eigenvalue weighted by Gasteiger charge is -2.26.